The van der Waals surface area contributed by atoms with Crippen molar-refractivity contribution in [3.63, 3.8) is 0 Å². The summed E-state index contributed by atoms with van der Waals surface area (Å²) in [6, 6.07) is 2.23. The van der Waals surface area contributed by atoms with Gasteiger partial charge >= 0.3 is 0 Å². The highest BCUT2D eigenvalue weighted by Crippen LogP contribution is 2.45. The molecule has 17 heavy (non-hydrogen) atoms. The van der Waals surface area contributed by atoms with Crippen molar-refractivity contribution in [2.75, 3.05) is 11.1 Å². The summed E-state index contributed by atoms with van der Waals surface area (Å²) in [6.07, 6.45) is 4.15. The van der Waals surface area contributed by atoms with Gasteiger partial charge in [-0.3, -0.25) is 0 Å². The van der Waals surface area contributed by atoms with Gasteiger partial charge in [-0.05, 0) is 42.7 Å². The lowest BCUT2D eigenvalue weighted by Crippen LogP contribution is -2.09. The molecule has 0 aromatic carbocycles. The van der Waals surface area contributed by atoms with Crippen LogP contribution in [0.2, 0.25) is 0 Å². The summed E-state index contributed by atoms with van der Waals surface area (Å²) in [5.41, 5.74) is 9.99. The van der Waals surface area contributed by atoms with Crippen LogP contribution >= 0.6 is 15.9 Å². The number of aromatic nitrogens is 1. The molecular weight excluding hydrogens is 278 g/mol. The Bertz CT molecular complexity index is 473. The van der Waals surface area contributed by atoms with Gasteiger partial charge in [0.25, 0.3) is 0 Å². The molecule has 0 aliphatic heterocycles. The number of hydrogen-bond acceptors (Lipinski definition) is 3. The van der Waals surface area contributed by atoms with Crippen LogP contribution in [0.25, 0.3) is 0 Å². The molecule has 1 fully saturated rings. The van der Waals surface area contributed by atoms with Crippen LogP contribution in [0.5, 0.6) is 0 Å². The van der Waals surface area contributed by atoms with Crippen LogP contribution in [0.15, 0.2) is 0 Å². The predicted octanol–water partition coefficient (Wildman–Crippen LogP) is 2.91. The standard InChI is InChI=1S/C13H16BrN3/c1-2-11-9(5-6-14)12(8-3-4-8)10(7-15)13(16)17-11/h8H,2-6H2,1H3,(H2,16,17). The second kappa shape index (κ2) is 5.05. The zero-order valence-electron chi connectivity index (χ0n) is 9.96. The summed E-state index contributed by atoms with van der Waals surface area (Å²) in [7, 11) is 0. The van der Waals surface area contributed by atoms with Gasteiger partial charge in [0.05, 0.1) is 5.56 Å². The number of anilines is 1. The fourth-order valence-corrected chi connectivity index (χ4v) is 2.72. The first kappa shape index (κ1) is 12.4. The number of aryl methyl sites for hydroxylation is 1. The van der Waals surface area contributed by atoms with Gasteiger partial charge in [-0.25, -0.2) is 4.98 Å². The topological polar surface area (TPSA) is 62.7 Å². The van der Waals surface area contributed by atoms with E-state index in [9.17, 15) is 5.26 Å². The number of halogens is 1. The van der Waals surface area contributed by atoms with Crippen molar-refractivity contribution >= 4 is 21.7 Å². The second-order valence-electron chi connectivity index (χ2n) is 4.39. The molecule has 1 aliphatic rings. The molecule has 3 nitrogen and oxygen atoms in total. The van der Waals surface area contributed by atoms with E-state index in [1.54, 1.807) is 0 Å². The summed E-state index contributed by atoms with van der Waals surface area (Å²) >= 11 is 3.48. The van der Waals surface area contributed by atoms with Crippen LogP contribution < -0.4 is 5.73 Å². The minimum absolute atomic E-state index is 0.407. The van der Waals surface area contributed by atoms with Gasteiger partial charge in [0.2, 0.25) is 0 Å². The Balaban J connectivity index is 2.63. The first-order chi connectivity index (χ1) is 8.22. The van der Waals surface area contributed by atoms with Crippen molar-refractivity contribution in [1.82, 2.24) is 4.98 Å². The molecule has 0 saturated heterocycles. The third-order valence-electron chi connectivity index (χ3n) is 3.23. The highest BCUT2D eigenvalue weighted by atomic mass is 79.9. The highest BCUT2D eigenvalue weighted by molar-refractivity contribution is 9.09. The average Bonchev–Trinajstić information content (AvgIpc) is 3.14. The van der Waals surface area contributed by atoms with Crippen LogP contribution in [0.3, 0.4) is 0 Å². The van der Waals surface area contributed by atoms with E-state index >= 15 is 0 Å². The number of nitriles is 1. The van der Waals surface area contributed by atoms with E-state index in [1.165, 1.54) is 24.0 Å². The molecule has 1 aromatic heterocycles. The zero-order valence-corrected chi connectivity index (χ0v) is 11.5. The zero-order chi connectivity index (χ0) is 12.4. The van der Waals surface area contributed by atoms with Gasteiger partial charge < -0.3 is 5.73 Å². The summed E-state index contributed by atoms with van der Waals surface area (Å²) < 4.78 is 0. The first-order valence-corrected chi connectivity index (χ1v) is 7.12. The number of nitrogens with zero attached hydrogens (tertiary/aromatic N) is 2. The summed E-state index contributed by atoms with van der Waals surface area (Å²) in [4.78, 5) is 4.39. The lowest BCUT2D eigenvalue weighted by molar-refractivity contribution is 0.927. The van der Waals surface area contributed by atoms with E-state index in [1.807, 2.05) is 0 Å². The van der Waals surface area contributed by atoms with Crippen LogP contribution in [-0.4, -0.2) is 10.3 Å². The molecular formula is C13H16BrN3. The minimum atomic E-state index is 0.407. The predicted molar refractivity (Wildman–Crippen MR) is 72.2 cm³/mol. The minimum Gasteiger partial charge on any atom is -0.383 e. The Morgan fingerprint density at radius 2 is 2.24 bits per heavy atom. The third-order valence-corrected chi connectivity index (χ3v) is 3.63. The Morgan fingerprint density at radius 1 is 1.53 bits per heavy atom. The molecule has 1 aromatic rings. The Morgan fingerprint density at radius 3 is 2.71 bits per heavy atom. The molecule has 90 valence electrons. The molecule has 0 spiro atoms. The van der Waals surface area contributed by atoms with E-state index in [2.05, 4.69) is 33.9 Å². The number of rotatable bonds is 4. The molecule has 1 aliphatic carbocycles. The SMILES string of the molecule is CCc1nc(N)c(C#N)c(C2CC2)c1CCBr. The van der Waals surface area contributed by atoms with Crippen LogP contribution in [0.1, 0.15) is 48.1 Å². The van der Waals surface area contributed by atoms with Gasteiger partial charge in [-0.1, -0.05) is 22.9 Å². The third kappa shape index (κ3) is 2.30. The van der Waals surface area contributed by atoms with Gasteiger partial charge in [0, 0.05) is 11.0 Å². The normalized spacial score (nSPS) is 14.6. The van der Waals surface area contributed by atoms with Gasteiger partial charge in [-0.2, -0.15) is 5.26 Å². The van der Waals surface area contributed by atoms with E-state index in [0.29, 0.717) is 17.3 Å². The molecule has 0 unspecified atom stereocenters. The molecule has 2 N–H and O–H groups in total. The molecule has 1 heterocycles. The fraction of sp³-hybridized carbons (Fsp3) is 0.538. The van der Waals surface area contributed by atoms with Gasteiger partial charge in [0.1, 0.15) is 11.9 Å². The maximum atomic E-state index is 9.25. The monoisotopic (exact) mass is 293 g/mol. The number of nitrogens with two attached hydrogens (primary N) is 1. The lowest BCUT2D eigenvalue weighted by atomic mass is 9.94. The van der Waals surface area contributed by atoms with Gasteiger partial charge in [-0.15, -0.1) is 0 Å². The van der Waals surface area contributed by atoms with Crippen LogP contribution in [-0.2, 0) is 12.8 Å². The number of alkyl halides is 1. The van der Waals surface area contributed by atoms with Crippen molar-refractivity contribution in [3.05, 3.63) is 22.4 Å². The number of pyridine rings is 1. The molecule has 4 heteroatoms. The Hall–Kier alpha value is -1.08. The summed E-state index contributed by atoms with van der Waals surface area (Å²) in [5.74, 6) is 0.943. The van der Waals surface area contributed by atoms with Crippen molar-refractivity contribution in [3.8, 4) is 6.07 Å². The molecule has 2 rings (SSSR count). The van der Waals surface area contributed by atoms with Gasteiger partial charge in [0.15, 0.2) is 0 Å². The maximum absolute atomic E-state index is 9.25. The Kier molecular flexibility index (Phi) is 3.68. The van der Waals surface area contributed by atoms with E-state index in [0.717, 1.165) is 23.9 Å². The fourth-order valence-electron chi connectivity index (χ4n) is 2.32. The van der Waals surface area contributed by atoms with Crippen LogP contribution in [0, 0.1) is 11.3 Å². The highest BCUT2D eigenvalue weighted by Gasteiger charge is 2.31. The summed E-state index contributed by atoms with van der Waals surface area (Å²) in [6.45, 7) is 2.09. The van der Waals surface area contributed by atoms with Crippen molar-refractivity contribution in [1.29, 1.82) is 5.26 Å². The first-order valence-electron chi connectivity index (χ1n) is 6.00. The quantitative estimate of drug-likeness (QED) is 0.868. The van der Waals surface area contributed by atoms with Crippen molar-refractivity contribution in [2.45, 2.75) is 38.5 Å². The summed E-state index contributed by atoms with van der Waals surface area (Å²) in [5, 5.41) is 10.1. The Labute approximate surface area is 110 Å². The van der Waals surface area contributed by atoms with Crippen molar-refractivity contribution in [2.24, 2.45) is 0 Å². The van der Waals surface area contributed by atoms with Crippen molar-refractivity contribution < 1.29 is 0 Å². The average molecular weight is 294 g/mol. The van der Waals surface area contributed by atoms with E-state index < -0.39 is 0 Å². The molecule has 0 bridgehead atoms. The second-order valence-corrected chi connectivity index (χ2v) is 5.18. The maximum Gasteiger partial charge on any atom is 0.141 e. The number of hydrogen-bond donors (Lipinski definition) is 1. The molecule has 0 radical (unpaired) electrons. The largest absolute Gasteiger partial charge is 0.383 e. The smallest absolute Gasteiger partial charge is 0.141 e. The van der Waals surface area contributed by atoms with E-state index in [4.69, 9.17) is 5.73 Å². The van der Waals surface area contributed by atoms with E-state index in [-0.39, 0.29) is 0 Å². The number of nitrogen functional groups attached to an aromatic ring is 1. The van der Waals surface area contributed by atoms with Crippen LogP contribution in [0.4, 0.5) is 5.82 Å². The molecule has 0 atom stereocenters. The lowest BCUT2D eigenvalue weighted by Gasteiger charge is -2.15. The molecule has 1 saturated carbocycles. The molecule has 0 amide bonds.